The van der Waals surface area contributed by atoms with E-state index in [1.807, 2.05) is 11.8 Å². The number of hydrogen-bond donors (Lipinski definition) is 2. The molecule has 0 saturated carbocycles. The Morgan fingerprint density at radius 3 is 2.27 bits per heavy atom. The Balaban J connectivity index is 0. The Hall–Kier alpha value is 0.350. The molecular weight excluding hydrogens is 321 g/mol. The standard InChI is InChI=1S/C10H23N3S.HI/c1-8(2)13-9(11-5)12-7-10(3,4)14-6;/h8H,7H2,1-6H3,(H2,11,12,13);1H. The lowest BCUT2D eigenvalue weighted by Gasteiger charge is -2.24. The van der Waals surface area contributed by atoms with Crippen LogP contribution in [0.2, 0.25) is 0 Å². The topological polar surface area (TPSA) is 36.4 Å². The second kappa shape index (κ2) is 8.50. The average Bonchev–Trinajstić information content (AvgIpc) is 2.12. The van der Waals surface area contributed by atoms with E-state index in [9.17, 15) is 0 Å². The molecule has 0 aliphatic heterocycles. The minimum Gasteiger partial charge on any atom is -0.355 e. The fourth-order valence-electron chi connectivity index (χ4n) is 0.837. The van der Waals surface area contributed by atoms with Gasteiger partial charge in [-0.15, -0.1) is 24.0 Å². The smallest absolute Gasteiger partial charge is 0.191 e. The Bertz CT molecular complexity index is 193. The van der Waals surface area contributed by atoms with E-state index in [0.29, 0.717) is 6.04 Å². The maximum absolute atomic E-state index is 4.15. The molecule has 0 aliphatic rings. The Morgan fingerprint density at radius 1 is 1.40 bits per heavy atom. The van der Waals surface area contributed by atoms with Gasteiger partial charge in [-0.3, -0.25) is 4.99 Å². The van der Waals surface area contributed by atoms with Crippen LogP contribution in [-0.4, -0.2) is 36.6 Å². The minimum atomic E-state index is 0. The summed E-state index contributed by atoms with van der Waals surface area (Å²) in [5.74, 6) is 0.877. The van der Waals surface area contributed by atoms with E-state index in [1.165, 1.54) is 0 Å². The number of nitrogens with one attached hydrogen (secondary N) is 2. The van der Waals surface area contributed by atoms with Gasteiger partial charge in [-0.25, -0.2) is 0 Å². The number of guanidine groups is 1. The lowest BCUT2D eigenvalue weighted by atomic mass is 10.2. The van der Waals surface area contributed by atoms with Gasteiger partial charge in [0.2, 0.25) is 0 Å². The summed E-state index contributed by atoms with van der Waals surface area (Å²) in [6, 6.07) is 0.415. The zero-order chi connectivity index (χ0) is 11.2. The van der Waals surface area contributed by atoms with Crippen LogP contribution in [0.4, 0.5) is 0 Å². The normalized spacial score (nSPS) is 12.3. The summed E-state index contributed by atoms with van der Waals surface area (Å²) in [6.07, 6.45) is 2.13. The third-order valence-corrected chi connectivity index (χ3v) is 3.13. The molecule has 0 bridgehead atoms. The summed E-state index contributed by atoms with van der Waals surface area (Å²) < 4.78 is 0.245. The number of halogens is 1. The van der Waals surface area contributed by atoms with Crippen molar-refractivity contribution in [2.45, 2.75) is 38.5 Å². The van der Waals surface area contributed by atoms with Crippen molar-refractivity contribution in [3.8, 4) is 0 Å². The molecule has 15 heavy (non-hydrogen) atoms. The second-order valence-electron chi connectivity index (χ2n) is 4.19. The number of thioether (sulfide) groups is 1. The van der Waals surface area contributed by atoms with Crippen LogP contribution in [0.1, 0.15) is 27.7 Å². The lowest BCUT2D eigenvalue weighted by Crippen LogP contribution is -2.45. The van der Waals surface area contributed by atoms with Gasteiger partial charge in [0, 0.05) is 24.4 Å². The summed E-state index contributed by atoms with van der Waals surface area (Å²) in [4.78, 5) is 4.15. The molecule has 0 aromatic heterocycles. The van der Waals surface area contributed by atoms with Crippen molar-refractivity contribution >= 4 is 41.7 Å². The van der Waals surface area contributed by atoms with E-state index >= 15 is 0 Å². The maximum Gasteiger partial charge on any atom is 0.191 e. The molecule has 0 fully saturated rings. The quantitative estimate of drug-likeness (QED) is 0.466. The molecule has 0 radical (unpaired) electrons. The molecule has 92 valence electrons. The molecule has 0 atom stereocenters. The van der Waals surface area contributed by atoms with E-state index in [1.54, 1.807) is 7.05 Å². The first kappa shape index (κ1) is 17.7. The van der Waals surface area contributed by atoms with Crippen molar-refractivity contribution in [2.75, 3.05) is 19.8 Å². The molecule has 0 aromatic carbocycles. The van der Waals surface area contributed by atoms with E-state index < -0.39 is 0 Å². The summed E-state index contributed by atoms with van der Waals surface area (Å²) in [6.45, 7) is 9.56. The van der Waals surface area contributed by atoms with Crippen molar-refractivity contribution in [1.82, 2.24) is 10.6 Å². The summed E-state index contributed by atoms with van der Waals surface area (Å²) >= 11 is 1.85. The van der Waals surface area contributed by atoms with Gasteiger partial charge in [0.15, 0.2) is 5.96 Å². The van der Waals surface area contributed by atoms with Crippen molar-refractivity contribution in [3.05, 3.63) is 0 Å². The van der Waals surface area contributed by atoms with Crippen LogP contribution < -0.4 is 10.6 Å². The Kier molecular flexibility index (Phi) is 10.0. The Labute approximate surface area is 115 Å². The van der Waals surface area contributed by atoms with Gasteiger partial charge in [-0.05, 0) is 34.0 Å². The number of nitrogens with zero attached hydrogens (tertiary/aromatic N) is 1. The molecule has 0 heterocycles. The fraction of sp³-hybridized carbons (Fsp3) is 0.900. The SMILES string of the molecule is CN=C(NCC(C)(C)SC)NC(C)C.I. The van der Waals surface area contributed by atoms with Crippen LogP contribution in [-0.2, 0) is 0 Å². The largest absolute Gasteiger partial charge is 0.355 e. The van der Waals surface area contributed by atoms with E-state index in [2.05, 4.69) is 49.6 Å². The first-order valence-corrected chi connectivity index (χ1v) is 6.16. The van der Waals surface area contributed by atoms with Crippen molar-refractivity contribution in [1.29, 1.82) is 0 Å². The van der Waals surface area contributed by atoms with Gasteiger partial charge in [0.05, 0.1) is 0 Å². The number of rotatable bonds is 4. The van der Waals surface area contributed by atoms with Gasteiger partial charge in [0.1, 0.15) is 0 Å². The molecule has 0 saturated heterocycles. The second-order valence-corrected chi connectivity index (χ2v) is 5.70. The van der Waals surface area contributed by atoms with Crippen LogP contribution in [0, 0.1) is 0 Å². The van der Waals surface area contributed by atoms with Gasteiger partial charge in [0.25, 0.3) is 0 Å². The van der Waals surface area contributed by atoms with Crippen molar-refractivity contribution in [2.24, 2.45) is 4.99 Å². The van der Waals surface area contributed by atoms with Gasteiger partial charge < -0.3 is 10.6 Å². The molecule has 0 aromatic rings. The van der Waals surface area contributed by atoms with Crippen LogP contribution in [0.25, 0.3) is 0 Å². The van der Waals surface area contributed by atoms with Crippen LogP contribution in [0.5, 0.6) is 0 Å². The van der Waals surface area contributed by atoms with E-state index in [4.69, 9.17) is 0 Å². The molecule has 0 aliphatic carbocycles. The third kappa shape index (κ3) is 9.29. The van der Waals surface area contributed by atoms with Gasteiger partial charge in [-0.1, -0.05) is 0 Å². The summed E-state index contributed by atoms with van der Waals surface area (Å²) in [5, 5.41) is 6.57. The fourth-order valence-corrected chi connectivity index (χ4v) is 1.05. The highest BCUT2D eigenvalue weighted by molar-refractivity contribution is 14.0. The lowest BCUT2D eigenvalue weighted by molar-refractivity contribution is 0.645. The molecule has 0 unspecified atom stereocenters. The molecule has 2 N–H and O–H groups in total. The first-order valence-electron chi connectivity index (χ1n) is 4.93. The van der Waals surface area contributed by atoms with E-state index in [0.717, 1.165) is 12.5 Å². The van der Waals surface area contributed by atoms with Gasteiger partial charge in [-0.2, -0.15) is 11.8 Å². The molecular formula is C10H24IN3S. The van der Waals surface area contributed by atoms with Crippen molar-refractivity contribution < 1.29 is 0 Å². The van der Waals surface area contributed by atoms with Gasteiger partial charge >= 0.3 is 0 Å². The molecule has 0 rings (SSSR count). The van der Waals surface area contributed by atoms with Crippen LogP contribution >= 0.6 is 35.7 Å². The highest BCUT2D eigenvalue weighted by Crippen LogP contribution is 2.19. The van der Waals surface area contributed by atoms with Crippen LogP contribution in [0.3, 0.4) is 0 Å². The van der Waals surface area contributed by atoms with E-state index in [-0.39, 0.29) is 28.7 Å². The highest BCUT2D eigenvalue weighted by Gasteiger charge is 2.16. The highest BCUT2D eigenvalue weighted by atomic mass is 127. The van der Waals surface area contributed by atoms with Crippen molar-refractivity contribution in [3.63, 3.8) is 0 Å². The number of aliphatic imine (C=N–C) groups is 1. The predicted molar refractivity (Wildman–Crippen MR) is 82.6 cm³/mol. The number of hydrogen-bond acceptors (Lipinski definition) is 2. The first-order chi connectivity index (χ1) is 6.41. The summed E-state index contributed by atoms with van der Waals surface area (Å²) in [5.41, 5.74) is 0. The predicted octanol–water partition coefficient (Wildman–Crippen LogP) is 2.32. The molecule has 0 spiro atoms. The third-order valence-electron chi connectivity index (χ3n) is 1.88. The average molecular weight is 345 g/mol. The Morgan fingerprint density at radius 2 is 1.93 bits per heavy atom. The molecule has 3 nitrogen and oxygen atoms in total. The maximum atomic E-state index is 4.15. The summed E-state index contributed by atoms with van der Waals surface area (Å²) in [7, 11) is 1.80. The zero-order valence-electron chi connectivity index (χ0n) is 10.5. The minimum absolute atomic E-state index is 0. The zero-order valence-corrected chi connectivity index (χ0v) is 13.7. The monoisotopic (exact) mass is 345 g/mol. The van der Waals surface area contributed by atoms with Crippen LogP contribution in [0.15, 0.2) is 4.99 Å². The molecule has 0 amide bonds. The molecule has 5 heteroatoms.